The number of carbonyl (C=O) groups excluding carboxylic acids is 1. The van der Waals surface area contributed by atoms with Crippen LogP contribution in [0, 0.1) is 13.8 Å². The highest BCUT2D eigenvalue weighted by Crippen LogP contribution is 2.25. The summed E-state index contributed by atoms with van der Waals surface area (Å²) in [5.74, 6) is -0.0894. The molecule has 0 fully saturated rings. The molecule has 4 heteroatoms. The predicted molar refractivity (Wildman–Crippen MR) is 87.3 cm³/mol. The van der Waals surface area contributed by atoms with Crippen LogP contribution in [0.1, 0.15) is 21.5 Å². The first-order chi connectivity index (χ1) is 10.1. The number of benzene rings is 2. The van der Waals surface area contributed by atoms with Crippen molar-refractivity contribution >= 4 is 23.0 Å². The van der Waals surface area contributed by atoms with E-state index in [9.17, 15) is 4.79 Å². The number of hydrogen-bond acceptors (Lipinski definition) is 3. The van der Waals surface area contributed by atoms with E-state index in [1.165, 1.54) is 11.1 Å². The Morgan fingerprint density at radius 1 is 0.952 bits per heavy atom. The van der Waals surface area contributed by atoms with Crippen LogP contribution in [0.5, 0.6) is 0 Å². The second-order valence-electron chi connectivity index (χ2n) is 5.37. The van der Waals surface area contributed by atoms with Gasteiger partial charge in [0.25, 0.3) is 5.91 Å². The molecule has 0 aromatic heterocycles. The van der Waals surface area contributed by atoms with Gasteiger partial charge in [-0.2, -0.15) is 0 Å². The molecule has 21 heavy (non-hydrogen) atoms. The largest absolute Gasteiger partial charge is 0.382 e. The maximum absolute atomic E-state index is 12.3. The highest BCUT2D eigenvalue weighted by atomic mass is 16.1. The molecule has 2 aromatic carbocycles. The predicted octanol–water partition coefficient (Wildman–Crippen LogP) is 3.39. The molecule has 0 aliphatic carbocycles. The molecule has 0 bridgehead atoms. The van der Waals surface area contributed by atoms with Crippen LogP contribution in [0.4, 0.5) is 17.1 Å². The topological polar surface area (TPSA) is 53.2 Å². The number of rotatable bonds is 2. The summed E-state index contributed by atoms with van der Waals surface area (Å²) in [6.45, 7) is 5.87. The van der Waals surface area contributed by atoms with Crippen molar-refractivity contribution in [3.63, 3.8) is 0 Å². The number of amides is 1. The molecule has 0 saturated heterocycles. The van der Waals surface area contributed by atoms with Crippen molar-refractivity contribution in [1.82, 2.24) is 0 Å². The smallest absolute Gasteiger partial charge is 0.255 e. The average Bonchev–Trinajstić information content (AvgIpc) is 2.50. The van der Waals surface area contributed by atoms with Gasteiger partial charge in [-0.05, 0) is 55.3 Å². The molecular formula is C17H19N3O. The highest BCUT2D eigenvalue weighted by molar-refractivity contribution is 6.05. The summed E-state index contributed by atoms with van der Waals surface area (Å²) < 4.78 is 0. The maximum atomic E-state index is 12.3. The Balaban J connectivity index is 1.80. The molecule has 0 saturated carbocycles. The SMILES string of the molecule is Cc1ccc(NC(=O)c2ccc3c(c2)NCCN3)cc1C. The van der Waals surface area contributed by atoms with Crippen molar-refractivity contribution in [2.75, 3.05) is 29.0 Å². The first-order valence-electron chi connectivity index (χ1n) is 7.14. The minimum atomic E-state index is -0.0894. The zero-order chi connectivity index (χ0) is 14.8. The van der Waals surface area contributed by atoms with Gasteiger partial charge >= 0.3 is 0 Å². The van der Waals surface area contributed by atoms with Crippen LogP contribution in [0.2, 0.25) is 0 Å². The van der Waals surface area contributed by atoms with Crippen LogP contribution in [-0.2, 0) is 0 Å². The van der Waals surface area contributed by atoms with Gasteiger partial charge < -0.3 is 16.0 Å². The van der Waals surface area contributed by atoms with Crippen LogP contribution >= 0.6 is 0 Å². The van der Waals surface area contributed by atoms with E-state index in [1.54, 1.807) is 0 Å². The number of aryl methyl sites for hydroxylation is 2. The standard InChI is InChI=1S/C17H19N3O/c1-11-3-5-14(9-12(11)2)20-17(21)13-4-6-15-16(10-13)19-8-7-18-15/h3-6,9-10,18-19H,7-8H2,1-2H3,(H,20,21). The lowest BCUT2D eigenvalue weighted by Crippen LogP contribution is -2.21. The first-order valence-corrected chi connectivity index (χ1v) is 7.14. The van der Waals surface area contributed by atoms with E-state index in [2.05, 4.69) is 22.9 Å². The Hall–Kier alpha value is -2.49. The van der Waals surface area contributed by atoms with Crippen molar-refractivity contribution < 1.29 is 4.79 Å². The number of anilines is 3. The van der Waals surface area contributed by atoms with E-state index >= 15 is 0 Å². The molecule has 1 amide bonds. The molecule has 0 radical (unpaired) electrons. The van der Waals surface area contributed by atoms with Gasteiger partial charge in [0.2, 0.25) is 0 Å². The van der Waals surface area contributed by atoms with Gasteiger partial charge in [-0.15, -0.1) is 0 Å². The summed E-state index contributed by atoms with van der Waals surface area (Å²) >= 11 is 0. The summed E-state index contributed by atoms with van der Waals surface area (Å²) in [6, 6.07) is 11.6. The number of carbonyl (C=O) groups is 1. The number of fused-ring (bicyclic) bond motifs is 1. The van der Waals surface area contributed by atoms with Gasteiger partial charge in [-0.1, -0.05) is 6.07 Å². The van der Waals surface area contributed by atoms with Crippen LogP contribution in [0.25, 0.3) is 0 Å². The van der Waals surface area contributed by atoms with Crippen molar-refractivity contribution in [3.8, 4) is 0 Å². The fourth-order valence-electron chi connectivity index (χ4n) is 2.40. The summed E-state index contributed by atoms with van der Waals surface area (Å²) in [6.07, 6.45) is 0. The minimum Gasteiger partial charge on any atom is -0.382 e. The minimum absolute atomic E-state index is 0.0894. The maximum Gasteiger partial charge on any atom is 0.255 e. The van der Waals surface area contributed by atoms with Crippen molar-refractivity contribution in [1.29, 1.82) is 0 Å². The van der Waals surface area contributed by atoms with Gasteiger partial charge in [0.05, 0.1) is 11.4 Å². The molecule has 3 rings (SSSR count). The van der Waals surface area contributed by atoms with E-state index < -0.39 is 0 Å². The van der Waals surface area contributed by atoms with E-state index in [0.717, 1.165) is 30.2 Å². The molecule has 0 unspecified atom stereocenters. The molecule has 108 valence electrons. The second-order valence-corrected chi connectivity index (χ2v) is 5.37. The van der Waals surface area contributed by atoms with Crippen LogP contribution in [0.3, 0.4) is 0 Å². The van der Waals surface area contributed by atoms with Gasteiger partial charge in [-0.3, -0.25) is 4.79 Å². The third kappa shape index (κ3) is 2.84. The molecular weight excluding hydrogens is 262 g/mol. The summed E-state index contributed by atoms with van der Waals surface area (Å²) in [5.41, 5.74) is 5.90. The van der Waals surface area contributed by atoms with Gasteiger partial charge in [0, 0.05) is 24.3 Å². The molecule has 2 aromatic rings. The molecule has 1 heterocycles. The molecule has 1 aliphatic heterocycles. The average molecular weight is 281 g/mol. The molecule has 4 nitrogen and oxygen atoms in total. The lowest BCUT2D eigenvalue weighted by atomic mass is 10.1. The molecule has 0 atom stereocenters. The van der Waals surface area contributed by atoms with Crippen LogP contribution < -0.4 is 16.0 Å². The van der Waals surface area contributed by atoms with Crippen molar-refractivity contribution in [2.45, 2.75) is 13.8 Å². The Kier molecular flexibility index (Phi) is 3.52. The number of nitrogens with one attached hydrogen (secondary N) is 3. The third-order valence-corrected chi connectivity index (χ3v) is 3.80. The Morgan fingerprint density at radius 3 is 2.48 bits per heavy atom. The number of hydrogen-bond donors (Lipinski definition) is 3. The zero-order valence-corrected chi connectivity index (χ0v) is 12.3. The van der Waals surface area contributed by atoms with E-state index in [4.69, 9.17) is 0 Å². The summed E-state index contributed by atoms with van der Waals surface area (Å²) in [5, 5.41) is 9.54. The first kappa shape index (κ1) is 13.5. The van der Waals surface area contributed by atoms with E-state index in [1.807, 2.05) is 43.3 Å². The van der Waals surface area contributed by atoms with Gasteiger partial charge in [0.15, 0.2) is 0 Å². The zero-order valence-electron chi connectivity index (χ0n) is 12.3. The van der Waals surface area contributed by atoms with E-state index in [0.29, 0.717) is 5.56 Å². The summed E-state index contributed by atoms with van der Waals surface area (Å²) in [7, 11) is 0. The van der Waals surface area contributed by atoms with E-state index in [-0.39, 0.29) is 5.91 Å². The van der Waals surface area contributed by atoms with Gasteiger partial charge in [0.1, 0.15) is 0 Å². The van der Waals surface area contributed by atoms with Gasteiger partial charge in [-0.25, -0.2) is 0 Å². The lowest BCUT2D eigenvalue weighted by Gasteiger charge is -2.20. The van der Waals surface area contributed by atoms with Crippen LogP contribution in [-0.4, -0.2) is 19.0 Å². The Morgan fingerprint density at radius 2 is 1.71 bits per heavy atom. The second kappa shape index (κ2) is 5.48. The van der Waals surface area contributed by atoms with Crippen molar-refractivity contribution in [2.24, 2.45) is 0 Å². The Labute approximate surface area is 124 Å². The Bertz CT molecular complexity index is 694. The fraction of sp³-hybridized carbons (Fsp3) is 0.235. The lowest BCUT2D eigenvalue weighted by molar-refractivity contribution is 0.102. The fourth-order valence-corrected chi connectivity index (χ4v) is 2.40. The monoisotopic (exact) mass is 281 g/mol. The van der Waals surface area contributed by atoms with Crippen molar-refractivity contribution in [3.05, 3.63) is 53.1 Å². The molecule has 3 N–H and O–H groups in total. The van der Waals surface area contributed by atoms with Crippen LogP contribution in [0.15, 0.2) is 36.4 Å². The highest BCUT2D eigenvalue weighted by Gasteiger charge is 2.12. The third-order valence-electron chi connectivity index (χ3n) is 3.80. The quantitative estimate of drug-likeness (QED) is 0.791. The molecule has 1 aliphatic rings. The summed E-state index contributed by atoms with van der Waals surface area (Å²) in [4.78, 5) is 12.3. The normalized spacial score (nSPS) is 12.9. The molecule has 0 spiro atoms.